The van der Waals surface area contributed by atoms with E-state index < -0.39 is 0 Å². The van der Waals surface area contributed by atoms with Crippen LogP contribution < -0.4 is 10.6 Å². The van der Waals surface area contributed by atoms with Gasteiger partial charge < -0.3 is 20.1 Å². The Morgan fingerprint density at radius 1 is 1.02 bits per heavy atom. The summed E-state index contributed by atoms with van der Waals surface area (Å²) in [5.74, 6) is -0.0214. The van der Waals surface area contributed by atoms with Gasteiger partial charge in [-0.25, -0.2) is 0 Å². The maximum Gasteiger partial charge on any atom is 0.226 e. The highest BCUT2D eigenvalue weighted by molar-refractivity contribution is 7.80. The fourth-order valence-corrected chi connectivity index (χ4v) is 7.09. The molecule has 1 saturated heterocycles. The fraction of sp³-hybridized carbons (Fsp3) is 0.364. The number of thiocarbonyl (C=S) groups is 1. The zero-order valence-electron chi connectivity index (χ0n) is 23.3. The number of fused-ring (bicyclic) bond motifs is 1. The van der Waals surface area contributed by atoms with Gasteiger partial charge in [-0.1, -0.05) is 61.7 Å². The van der Waals surface area contributed by atoms with Gasteiger partial charge in [0.05, 0.1) is 17.8 Å². The maximum absolute atomic E-state index is 13.2. The molecule has 2 aliphatic rings. The first-order valence-electron chi connectivity index (χ1n) is 14.5. The Morgan fingerprint density at radius 3 is 2.60 bits per heavy atom. The standard InChI is InChI=1S/C33H37N5OS/c1-22-21-27(23(2)38(22)25-13-4-3-5-14-25)32-31(29-16-8-9-19-34-29)36-33(40)37(32)20-18-30(39)35-28-17-10-12-24-11-6-7-15-26(24)28/h6-12,15-17,19,21,25,31-32H,3-5,13-14,18,20H2,1-2H3,(H,35,39)(H,36,40)/t31-,32+/m0/s1. The van der Waals surface area contributed by atoms with E-state index in [1.807, 2.05) is 48.7 Å². The average Bonchev–Trinajstić information content (AvgIpc) is 3.47. The molecule has 2 atom stereocenters. The number of aromatic nitrogens is 2. The molecule has 2 aromatic heterocycles. The first-order chi connectivity index (χ1) is 19.5. The molecule has 2 fully saturated rings. The van der Waals surface area contributed by atoms with Crippen LogP contribution in [-0.2, 0) is 4.79 Å². The van der Waals surface area contributed by atoms with E-state index in [2.05, 4.69) is 58.2 Å². The lowest BCUT2D eigenvalue weighted by atomic mass is 9.94. The third-order valence-electron chi connectivity index (χ3n) is 8.62. The van der Waals surface area contributed by atoms with Crippen LogP contribution in [0, 0.1) is 13.8 Å². The number of hydrogen-bond acceptors (Lipinski definition) is 3. The Kier molecular flexibility index (Phi) is 7.57. The summed E-state index contributed by atoms with van der Waals surface area (Å²) in [6, 6.07) is 22.9. The number of carbonyl (C=O) groups excluding carboxylic acids is 1. The smallest absolute Gasteiger partial charge is 0.226 e. The van der Waals surface area contributed by atoms with Crippen molar-refractivity contribution in [2.24, 2.45) is 0 Å². The molecule has 0 unspecified atom stereocenters. The van der Waals surface area contributed by atoms with E-state index in [9.17, 15) is 4.79 Å². The minimum atomic E-state index is -0.0878. The molecule has 1 aliphatic heterocycles. The summed E-state index contributed by atoms with van der Waals surface area (Å²) in [4.78, 5) is 20.1. The molecule has 2 aromatic carbocycles. The van der Waals surface area contributed by atoms with E-state index in [0.29, 0.717) is 24.1 Å². The summed E-state index contributed by atoms with van der Waals surface area (Å²) in [5, 5.41) is 9.52. The molecule has 40 heavy (non-hydrogen) atoms. The second kappa shape index (κ2) is 11.4. The number of nitrogens with one attached hydrogen (secondary N) is 2. The molecule has 206 valence electrons. The SMILES string of the molecule is Cc1cc([C@@H]2[C@H](c3ccccn3)NC(=S)N2CCC(=O)Nc2cccc3ccccc23)c(C)n1C1CCCCC1. The van der Waals surface area contributed by atoms with Gasteiger partial charge >= 0.3 is 0 Å². The molecule has 7 heteroatoms. The normalized spacial score (nSPS) is 19.6. The Labute approximate surface area is 241 Å². The van der Waals surface area contributed by atoms with Crippen molar-refractivity contribution < 1.29 is 4.79 Å². The third kappa shape index (κ3) is 5.10. The van der Waals surface area contributed by atoms with Gasteiger partial charge in [0.2, 0.25) is 5.91 Å². The predicted molar refractivity (Wildman–Crippen MR) is 165 cm³/mol. The van der Waals surface area contributed by atoms with Crippen molar-refractivity contribution in [1.29, 1.82) is 0 Å². The molecular formula is C33H37N5OS. The van der Waals surface area contributed by atoms with Crippen LogP contribution in [0.2, 0.25) is 0 Å². The minimum absolute atomic E-state index is 0.0214. The molecule has 0 bridgehead atoms. The first kappa shape index (κ1) is 26.5. The number of nitrogens with zero attached hydrogens (tertiary/aromatic N) is 3. The van der Waals surface area contributed by atoms with Gasteiger partial charge in [0.25, 0.3) is 0 Å². The van der Waals surface area contributed by atoms with Crippen LogP contribution in [0.5, 0.6) is 0 Å². The summed E-state index contributed by atoms with van der Waals surface area (Å²) in [6.07, 6.45) is 8.55. The summed E-state index contributed by atoms with van der Waals surface area (Å²) in [6.45, 7) is 4.99. The summed E-state index contributed by atoms with van der Waals surface area (Å²) >= 11 is 5.90. The van der Waals surface area contributed by atoms with Gasteiger partial charge in [0, 0.05) is 47.7 Å². The van der Waals surface area contributed by atoms with Gasteiger partial charge in [0.1, 0.15) is 0 Å². The number of benzene rings is 2. The molecule has 6 nitrogen and oxygen atoms in total. The molecule has 1 amide bonds. The largest absolute Gasteiger partial charge is 0.352 e. The van der Waals surface area contributed by atoms with E-state index in [1.54, 1.807) is 0 Å². The highest BCUT2D eigenvalue weighted by atomic mass is 32.1. The highest BCUT2D eigenvalue weighted by Gasteiger charge is 2.41. The fourth-order valence-electron chi connectivity index (χ4n) is 6.76. The maximum atomic E-state index is 13.2. The summed E-state index contributed by atoms with van der Waals surface area (Å²) in [7, 11) is 0. The van der Waals surface area contributed by atoms with E-state index in [1.165, 1.54) is 49.1 Å². The molecule has 2 N–H and O–H groups in total. The van der Waals surface area contributed by atoms with Gasteiger partial charge in [-0.2, -0.15) is 0 Å². The molecule has 6 rings (SSSR count). The minimum Gasteiger partial charge on any atom is -0.352 e. The Bertz CT molecular complexity index is 1520. The molecular weight excluding hydrogens is 514 g/mol. The Balaban J connectivity index is 1.28. The van der Waals surface area contributed by atoms with Crippen LogP contribution in [0.4, 0.5) is 5.69 Å². The topological polar surface area (TPSA) is 62.2 Å². The predicted octanol–water partition coefficient (Wildman–Crippen LogP) is 7.16. The zero-order chi connectivity index (χ0) is 27.6. The quantitative estimate of drug-likeness (QED) is 0.239. The summed E-state index contributed by atoms with van der Waals surface area (Å²) < 4.78 is 2.55. The first-order valence-corrected chi connectivity index (χ1v) is 14.9. The number of anilines is 1. The van der Waals surface area contributed by atoms with Gasteiger partial charge in [-0.3, -0.25) is 9.78 Å². The van der Waals surface area contributed by atoms with Crippen molar-refractivity contribution >= 4 is 39.7 Å². The number of hydrogen-bond donors (Lipinski definition) is 2. The lowest BCUT2D eigenvalue weighted by Crippen LogP contribution is -2.33. The number of amides is 1. The van der Waals surface area contributed by atoms with Crippen LogP contribution in [-0.4, -0.2) is 32.0 Å². The van der Waals surface area contributed by atoms with Crippen LogP contribution >= 0.6 is 12.2 Å². The zero-order valence-corrected chi connectivity index (χ0v) is 24.1. The van der Waals surface area contributed by atoms with E-state index in [-0.39, 0.29) is 18.0 Å². The van der Waals surface area contributed by atoms with Crippen molar-refractivity contribution in [2.75, 3.05) is 11.9 Å². The monoisotopic (exact) mass is 551 g/mol. The van der Waals surface area contributed by atoms with E-state index in [4.69, 9.17) is 17.2 Å². The number of carbonyl (C=O) groups is 1. The molecule has 1 saturated carbocycles. The van der Waals surface area contributed by atoms with E-state index in [0.717, 1.165) is 22.2 Å². The van der Waals surface area contributed by atoms with Crippen LogP contribution in [0.1, 0.15) is 79.3 Å². The molecule has 0 radical (unpaired) electrons. The molecule has 0 spiro atoms. The lowest BCUT2D eigenvalue weighted by Gasteiger charge is -2.29. The Hall–Kier alpha value is -3.71. The van der Waals surface area contributed by atoms with Crippen molar-refractivity contribution in [2.45, 2.75) is 70.5 Å². The second-order valence-electron chi connectivity index (χ2n) is 11.1. The van der Waals surface area contributed by atoms with Crippen molar-refractivity contribution in [1.82, 2.24) is 19.8 Å². The van der Waals surface area contributed by atoms with Gasteiger partial charge in [-0.05, 0) is 74.1 Å². The van der Waals surface area contributed by atoms with E-state index >= 15 is 0 Å². The molecule has 1 aliphatic carbocycles. The Morgan fingerprint density at radius 2 is 1.80 bits per heavy atom. The van der Waals surface area contributed by atoms with Gasteiger partial charge in [0.15, 0.2) is 5.11 Å². The van der Waals surface area contributed by atoms with Crippen molar-refractivity contribution in [3.8, 4) is 0 Å². The number of rotatable bonds is 7. The average molecular weight is 552 g/mol. The third-order valence-corrected chi connectivity index (χ3v) is 8.98. The van der Waals surface area contributed by atoms with Crippen LogP contribution in [0.15, 0.2) is 72.9 Å². The molecule has 3 heterocycles. The van der Waals surface area contributed by atoms with Gasteiger partial charge in [-0.15, -0.1) is 0 Å². The van der Waals surface area contributed by atoms with Crippen LogP contribution in [0.25, 0.3) is 10.8 Å². The number of pyridine rings is 1. The van der Waals surface area contributed by atoms with Crippen molar-refractivity contribution in [3.63, 3.8) is 0 Å². The second-order valence-corrected chi connectivity index (χ2v) is 11.5. The van der Waals surface area contributed by atoms with Crippen LogP contribution in [0.3, 0.4) is 0 Å². The molecule has 4 aromatic rings. The number of aryl methyl sites for hydroxylation is 1. The van der Waals surface area contributed by atoms with Crippen molar-refractivity contribution in [3.05, 3.63) is 95.6 Å². The summed E-state index contributed by atoms with van der Waals surface area (Å²) in [5.41, 5.74) is 5.66. The lowest BCUT2D eigenvalue weighted by molar-refractivity contribution is -0.116. The highest BCUT2D eigenvalue weighted by Crippen LogP contribution is 2.42.